The van der Waals surface area contributed by atoms with Crippen LogP contribution in [-0.4, -0.2) is 38.5 Å². The molecule has 0 radical (unpaired) electrons. The van der Waals surface area contributed by atoms with Crippen LogP contribution < -0.4 is 0 Å². The van der Waals surface area contributed by atoms with Crippen LogP contribution in [0.15, 0.2) is 36.4 Å². The van der Waals surface area contributed by atoms with Crippen molar-refractivity contribution in [1.82, 2.24) is 19.5 Å². The molecule has 2 aromatic heterocycles. The Morgan fingerprint density at radius 3 is 2.73 bits per heavy atom. The van der Waals surface area contributed by atoms with Crippen LogP contribution in [0.5, 0.6) is 0 Å². The summed E-state index contributed by atoms with van der Waals surface area (Å²) >= 11 is 0. The molecule has 0 bridgehead atoms. The Labute approximate surface area is 170 Å². The lowest BCUT2D eigenvalue weighted by Crippen LogP contribution is -2.40. The second-order valence-corrected chi connectivity index (χ2v) is 7.57. The molecule has 1 saturated heterocycles. The van der Waals surface area contributed by atoms with Crippen molar-refractivity contribution >= 4 is 11.6 Å². The molecule has 1 amide bonds. The van der Waals surface area contributed by atoms with Crippen LogP contribution in [0.2, 0.25) is 0 Å². The fraction of sp³-hybridized carbons (Fsp3) is 0.381. The van der Waals surface area contributed by atoms with Crippen molar-refractivity contribution in [2.45, 2.75) is 38.3 Å². The van der Waals surface area contributed by atoms with Crippen LogP contribution in [0.3, 0.4) is 0 Å². The fourth-order valence-corrected chi connectivity index (χ4v) is 3.88. The predicted molar refractivity (Wildman–Crippen MR) is 101 cm³/mol. The molecular weight excluding hydrogens is 400 g/mol. The summed E-state index contributed by atoms with van der Waals surface area (Å²) in [5.74, 6) is -1.02. The number of carbonyl (C=O) groups excluding carboxylic acids is 1. The molecule has 0 spiro atoms. The van der Waals surface area contributed by atoms with E-state index in [0.29, 0.717) is 30.6 Å². The number of hydrogen-bond acceptors (Lipinski definition) is 3. The van der Waals surface area contributed by atoms with Gasteiger partial charge in [-0.25, -0.2) is 13.9 Å². The highest BCUT2D eigenvalue weighted by Gasteiger charge is 2.36. The Morgan fingerprint density at radius 1 is 1.23 bits per heavy atom. The van der Waals surface area contributed by atoms with Crippen LogP contribution in [0, 0.1) is 12.7 Å². The molecule has 3 aromatic rings. The average Bonchev–Trinajstić information content (AvgIpc) is 3.08. The number of hydrogen-bond donors (Lipinski definition) is 0. The Kier molecular flexibility index (Phi) is 5.21. The molecule has 1 fully saturated rings. The maximum absolute atomic E-state index is 13.9. The van der Waals surface area contributed by atoms with E-state index in [1.54, 1.807) is 30.0 Å². The monoisotopic (exact) mass is 420 g/mol. The fourth-order valence-electron chi connectivity index (χ4n) is 3.88. The Balaban J connectivity index is 1.59. The summed E-state index contributed by atoms with van der Waals surface area (Å²) in [6.07, 6.45) is -3.40. The largest absolute Gasteiger partial charge is 0.433 e. The quantitative estimate of drug-likeness (QED) is 0.599. The van der Waals surface area contributed by atoms with Crippen LogP contribution in [-0.2, 0) is 17.4 Å². The summed E-state index contributed by atoms with van der Waals surface area (Å²) in [7, 11) is 0. The number of aromatic nitrogens is 3. The molecule has 0 saturated carbocycles. The van der Waals surface area contributed by atoms with Crippen molar-refractivity contribution in [3.05, 3.63) is 64.9 Å². The summed E-state index contributed by atoms with van der Waals surface area (Å²) in [5, 5.41) is 3.90. The number of likely N-dealkylation sites (tertiary alicyclic amines) is 1. The SMILES string of the molecule is Cc1cc2nc(C3CCCN(C(=O)Cc4ccccc4F)C3)cc(C(F)(F)F)n2n1. The zero-order chi connectivity index (χ0) is 21.5. The Morgan fingerprint density at radius 2 is 2.00 bits per heavy atom. The number of fused-ring (bicyclic) bond motifs is 1. The minimum atomic E-state index is -4.58. The first-order valence-corrected chi connectivity index (χ1v) is 9.68. The van der Waals surface area contributed by atoms with Crippen molar-refractivity contribution in [2.24, 2.45) is 0 Å². The van der Waals surface area contributed by atoms with E-state index in [1.807, 2.05) is 0 Å². The van der Waals surface area contributed by atoms with E-state index in [1.165, 1.54) is 12.1 Å². The van der Waals surface area contributed by atoms with Gasteiger partial charge in [0, 0.05) is 30.8 Å². The van der Waals surface area contributed by atoms with Gasteiger partial charge in [0.05, 0.1) is 12.1 Å². The molecule has 0 N–H and O–H groups in total. The zero-order valence-corrected chi connectivity index (χ0v) is 16.3. The maximum Gasteiger partial charge on any atom is 0.433 e. The Bertz CT molecular complexity index is 1090. The third-order valence-corrected chi connectivity index (χ3v) is 5.35. The first kappa shape index (κ1) is 20.3. The molecule has 1 aliphatic rings. The summed E-state index contributed by atoms with van der Waals surface area (Å²) < 4.78 is 55.4. The van der Waals surface area contributed by atoms with Gasteiger partial charge in [-0.2, -0.15) is 18.3 Å². The summed E-state index contributed by atoms with van der Waals surface area (Å²) in [5.41, 5.74) is 0.282. The lowest BCUT2D eigenvalue weighted by Gasteiger charge is -2.33. The smallest absolute Gasteiger partial charge is 0.342 e. The summed E-state index contributed by atoms with van der Waals surface area (Å²) in [6, 6.07) is 8.60. The van der Waals surface area contributed by atoms with Gasteiger partial charge >= 0.3 is 6.18 Å². The third kappa shape index (κ3) is 4.01. The number of piperidine rings is 1. The van der Waals surface area contributed by atoms with E-state index in [2.05, 4.69) is 10.1 Å². The average molecular weight is 420 g/mol. The number of aryl methyl sites for hydroxylation is 1. The highest BCUT2D eigenvalue weighted by atomic mass is 19.4. The molecule has 4 rings (SSSR count). The number of alkyl halides is 3. The van der Waals surface area contributed by atoms with Crippen molar-refractivity contribution < 1.29 is 22.4 Å². The normalized spacial score (nSPS) is 17.5. The minimum Gasteiger partial charge on any atom is -0.342 e. The van der Waals surface area contributed by atoms with Crippen LogP contribution >= 0.6 is 0 Å². The van der Waals surface area contributed by atoms with E-state index in [0.717, 1.165) is 10.6 Å². The molecule has 30 heavy (non-hydrogen) atoms. The standard InChI is InChI=1S/C21H20F4N4O/c1-13-9-19-26-17(11-18(21(23,24)25)29(19)27-13)15-6-4-8-28(12-15)20(30)10-14-5-2-3-7-16(14)22/h2-3,5,7,9,11,15H,4,6,8,10,12H2,1H3. The van der Waals surface area contributed by atoms with Gasteiger partial charge in [-0.1, -0.05) is 18.2 Å². The van der Waals surface area contributed by atoms with Gasteiger partial charge in [0.15, 0.2) is 5.65 Å². The highest BCUT2D eigenvalue weighted by Crippen LogP contribution is 2.33. The molecule has 1 aromatic carbocycles. The summed E-state index contributed by atoms with van der Waals surface area (Å²) in [6.45, 7) is 2.35. The minimum absolute atomic E-state index is 0.0819. The van der Waals surface area contributed by atoms with Crippen LogP contribution in [0.4, 0.5) is 17.6 Å². The first-order chi connectivity index (χ1) is 14.2. The number of rotatable bonds is 3. The van der Waals surface area contributed by atoms with E-state index >= 15 is 0 Å². The molecule has 5 nitrogen and oxygen atoms in total. The first-order valence-electron chi connectivity index (χ1n) is 9.68. The number of benzene rings is 1. The highest BCUT2D eigenvalue weighted by molar-refractivity contribution is 5.79. The number of amides is 1. The van der Waals surface area contributed by atoms with Crippen molar-refractivity contribution in [3.8, 4) is 0 Å². The Hall–Kier alpha value is -2.97. The van der Waals surface area contributed by atoms with Gasteiger partial charge in [0.2, 0.25) is 5.91 Å². The predicted octanol–water partition coefficient (Wildman–Crippen LogP) is 4.14. The second kappa shape index (κ2) is 7.70. The maximum atomic E-state index is 13.9. The lowest BCUT2D eigenvalue weighted by molar-refractivity contribution is -0.142. The van der Waals surface area contributed by atoms with Gasteiger partial charge in [0.1, 0.15) is 11.5 Å². The summed E-state index contributed by atoms with van der Waals surface area (Å²) in [4.78, 5) is 18.7. The van der Waals surface area contributed by atoms with E-state index in [4.69, 9.17) is 0 Å². The number of nitrogens with zero attached hydrogens (tertiary/aromatic N) is 4. The molecule has 0 aliphatic carbocycles. The van der Waals surface area contributed by atoms with Gasteiger partial charge < -0.3 is 4.90 Å². The van der Waals surface area contributed by atoms with Crippen LogP contribution in [0.25, 0.3) is 5.65 Å². The zero-order valence-electron chi connectivity index (χ0n) is 16.3. The van der Waals surface area contributed by atoms with Crippen molar-refractivity contribution in [2.75, 3.05) is 13.1 Å². The molecular formula is C21H20F4N4O. The van der Waals surface area contributed by atoms with Gasteiger partial charge in [-0.05, 0) is 37.5 Å². The van der Waals surface area contributed by atoms with Crippen molar-refractivity contribution in [1.29, 1.82) is 0 Å². The number of carbonyl (C=O) groups is 1. The third-order valence-electron chi connectivity index (χ3n) is 5.35. The molecule has 158 valence electrons. The lowest BCUT2D eigenvalue weighted by atomic mass is 9.93. The molecule has 3 heterocycles. The second-order valence-electron chi connectivity index (χ2n) is 7.57. The molecule has 1 atom stereocenters. The van der Waals surface area contributed by atoms with Gasteiger partial charge in [-0.3, -0.25) is 4.79 Å². The van der Waals surface area contributed by atoms with E-state index in [-0.39, 0.29) is 36.1 Å². The molecule has 1 aliphatic heterocycles. The van der Waals surface area contributed by atoms with Crippen molar-refractivity contribution in [3.63, 3.8) is 0 Å². The van der Waals surface area contributed by atoms with E-state index < -0.39 is 17.7 Å². The van der Waals surface area contributed by atoms with Crippen LogP contribution in [0.1, 0.15) is 41.4 Å². The van der Waals surface area contributed by atoms with Gasteiger partial charge in [0.25, 0.3) is 0 Å². The number of halogens is 4. The van der Waals surface area contributed by atoms with E-state index in [9.17, 15) is 22.4 Å². The topological polar surface area (TPSA) is 50.5 Å². The molecule has 1 unspecified atom stereocenters. The van der Waals surface area contributed by atoms with Gasteiger partial charge in [-0.15, -0.1) is 0 Å². The molecule has 9 heteroatoms.